The minimum absolute atomic E-state index is 0.00696. The maximum Gasteiger partial charge on any atom is 0.296 e. The molecule has 10 heteroatoms. The zero-order valence-corrected chi connectivity index (χ0v) is 17.9. The number of benzene rings is 3. The van der Waals surface area contributed by atoms with Gasteiger partial charge in [0.05, 0.1) is 45.4 Å². The molecule has 1 aliphatic rings. The van der Waals surface area contributed by atoms with Crippen molar-refractivity contribution in [1.29, 1.82) is 0 Å². The summed E-state index contributed by atoms with van der Waals surface area (Å²) >= 11 is 1.63. The van der Waals surface area contributed by atoms with E-state index in [-0.39, 0.29) is 33.6 Å². The molecule has 152 valence electrons. The molecule has 0 aromatic heterocycles. The van der Waals surface area contributed by atoms with E-state index in [1.165, 1.54) is 36.4 Å². The van der Waals surface area contributed by atoms with Gasteiger partial charge in [0, 0.05) is 16.8 Å². The monoisotopic (exact) mass is 538 g/mol. The second kappa shape index (κ2) is 7.45. The molecule has 0 fully saturated rings. The Morgan fingerprint density at radius 2 is 1.47 bits per heavy atom. The van der Waals surface area contributed by atoms with Crippen LogP contribution in [0.2, 0.25) is 0 Å². The van der Waals surface area contributed by atoms with Gasteiger partial charge in [-0.05, 0) is 30.3 Å². The fourth-order valence-corrected chi connectivity index (χ4v) is 4.78. The van der Waals surface area contributed by atoms with Gasteiger partial charge in [-0.1, -0.05) is 24.3 Å². The molecule has 0 heterocycles. The number of rotatable bonds is 4. The minimum atomic E-state index is -4.75. The van der Waals surface area contributed by atoms with E-state index >= 15 is 0 Å². The van der Waals surface area contributed by atoms with Gasteiger partial charge in [0.1, 0.15) is 10.7 Å². The number of carbonyl (C=O) groups excluding carboxylic acids is 2. The lowest BCUT2D eigenvalue weighted by molar-refractivity contribution is 0.0980. The number of carbonyl (C=O) groups is 2. The standard InChI is InChI=1S/C20H12FIN2O5S/c21-10-5-7-11(8-6-10)23-14-9-15(30(27,28)29)18(24-22)17-16(14)19(25)12-3-1-2-4-13(12)20(17)26/h1-9,23-24H,(H,27,28,29). The largest absolute Gasteiger partial charge is 0.355 e. The molecule has 0 bridgehead atoms. The maximum atomic E-state index is 13.3. The van der Waals surface area contributed by atoms with E-state index in [4.69, 9.17) is 0 Å². The highest BCUT2D eigenvalue weighted by Crippen LogP contribution is 2.41. The van der Waals surface area contributed by atoms with Crippen LogP contribution in [0.15, 0.2) is 59.5 Å². The third-order valence-electron chi connectivity index (χ3n) is 4.66. The smallest absolute Gasteiger partial charge is 0.296 e. The fraction of sp³-hybridized carbons (Fsp3) is 0. The van der Waals surface area contributed by atoms with Crippen molar-refractivity contribution in [2.45, 2.75) is 4.90 Å². The van der Waals surface area contributed by atoms with Gasteiger partial charge in [0.15, 0.2) is 11.6 Å². The minimum Gasteiger partial charge on any atom is -0.355 e. The van der Waals surface area contributed by atoms with Crippen molar-refractivity contribution in [2.75, 3.05) is 8.85 Å². The number of hydrogen-bond acceptors (Lipinski definition) is 6. The predicted octanol–water partition coefficient (Wildman–Crippen LogP) is 4.35. The van der Waals surface area contributed by atoms with Gasteiger partial charge in [0.25, 0.3) is 10.1 Å². The van der Waals surface area contributed by atoms with Gasteiger partial charge in [0.2, 0.25) is 0 Å². The zero-order valence-electron chi connectivity index (χ0n) is 14.9. The van der Waals surface area contributed by atoms with Crippen LogP contribution in [0.25, 0.3) is 0 Å². The first-order valence-electron chi connectivity index (χ1n) is 8.48. The van der Waals surface area contributed by atoms with E-state index < -0.39 is 32.4 Å². The Hall–Kier alpha value is -2.83. The Kier molecular flexibility index (Phi) is 5.08. The van der Waals surface area contributed by atoms with E-state index in [0.717, 1.165) is 6.07 Å². The Balaban J connectivity index is 2.04. The average molecular weight is 538 g/mol. The molecule has 0 unspecified atom stereocenters. The highest BCUT2D eigenvalue weighted by atomic mass is 127. The summed E-state index contributed by atoms with van der Waals surface area (Å²) in [5.74, 6) is -1.53. The molecule has 3 N–H and O–H groups in total. The topological polar surface area (TPSA) is 113 Å². The van der Waals surface area contributed by atoms with Crippen LogP contribution >= 0.6 is 22.9 Å². The first kappa shape index (κ1) is 20.4. The molecule has 0 spiro atoms. The van der Waals surface area contributed by atoms with E-state index in [0.29, 0.717) is 5.69 Å². The van der Waals surface area contributed by atoms with Crippen molar-refractivity contribution in [3.63, 3.8) is 0 Å². The molecule has 7 nitrogen and oxygen atoms in total. The van der Waals surface area contributed by atoms with E-state index in [9.17, 15) is 27.0 Å². The lowest BCUT2D eigenvalue weighted by Gasteiger charge is -2.24. The highest BCUT2D eigenvalue weighted by Gasteiger charge is 2.37. The van der Waals surface area contributed by atoms with E-state index in [1.54, 1.807) is 35.0 Å². The number of nitrogens with one attached hydrogen (secondary N) is 2. The SMILES string of the molecule is O=C1c2ccccc2C(=O)c2c(NI)c(S(=O)(=O)O)cc(Nc3ccc(F)cc3)c21. The summed E-state index contributed by atoms with van der Waals surface area (Å²) in [6.07, 6.45) is 0. The normalized spacial score (nSPS) is 12.9. The second-order valence-electron chi connectivity index (χ2n) is 6.45. The van der Waals surface area contributed by atoms with Crippen LogP contribution in [-0.2, 0) is 10.1 Å². The Morgan fingerprint density at radius 1 is 0.900 bits per heavy atom. The van der Waals surface area contributed by atoms with Gasteiger partial charge < -0.3 is 8.85 Å². The Bertz CT molecular complexity index is 1320. The van der Waals surface area contributed by atoms with Gasteiger partial charge in [-0.3, -0.25) is 14.1 Å². The van der Waals surface area contributed by atoms with E-state index in [2.05, 4.69) is 8.85 Å². The van der Waals surface area contributed by atoms with Crippen molar-refractivity contribution in [1.82, 2.24) is 0 Å². The molecule has 3 aromatic carbocycles. The van der Waals surface area contributed by atoms with Crippen molar-refractivity contribution >= 4 is 61.6 Å². The molecule has 4 rings (SSSR count). The van der Waals surface area contributed by atoms with Crippen LogP contribution in [0, 0.1) is 5.82 Å². The summed E-state index contributed by atoms with van der Waals surface area (Å²) in [5, 5.41) is 2.86. The molecule has 1 aliphatic carbocycles. The number of halogens is 2. The Morgan fingerprint density at radius 3 is 2.00 bits per heavy atom. The molecule has 3 aromatic rings. The van der Waals surface area contributed by atoms with Crippen LogP contribution in [0.1, 0.15) is 31.8 Å². The number of ketones is 2. The summed E-state index contributed by atoms with van der Waals surface area (Å²) in [5.41, 5.74) is 0.244. The average Bonchev–Trinajstić information content (AvgIpc) is 2.72. The molecule has 0 radical (unpaired) electrons. The summed E-state index contributed by atoms with van der Waals surface area (Å²) < 4.78 is 49.6. The molecule has 30 heavy (non-hydrogen) atoms. The van der Waals surface area contributed by atoms with Crippen LogP contribution in [0.5, 0.6) is 0 Å². The van der Waals surface area contributed by atoms with Gasteiger partial charge >= 0.3 is 0 Å². The maximum absolute atomic E-state index is 13.3. The van der Waals surface area contributed by atoms with Gasteiger partial charge in [-0.15, -0.1) is 0 Å². The summed E-state index contributed by atoms with van der Waals surface area (Å²) in [7, 11) is -4.75. The first-order chi connectivity index (χ1) is 14.2. The first-order valence-corrected chi connectivity index (χ1v) is 11.0. The highest BCUT2D eigenvalue weighted by molar-refractivity contribution is 14.1. The van der Waals surface area contributed by atoms with Crippen LogP contribution < -0.4 is 8.85 Å². The lowest BCUT2D eigenvalue weighted by Crippen LogP contribution is -2.24. The second-order valence-corrected chi connectivity index (χ2v) is 8.38. The molecular weight excluding hydrogens is 526 g/mol. The quantitative estimate of drug-likeness (QED) is 0.201. The van der Waals surface area contributed by atoms with Gasteiger partial charge in [-0.25, -0.2) is 4.39 Å². The summed E-state index contributed by atoms with van der Waals surface area (Å²) in [6.45, 7) is 0. The van der Waals surface area contributed by atoms with Crippen LogP contribution in [0.3, 0.4) is 0 Å². The fourth-order valence-electron chi connectivity index (χ4n) is 3.35. The molecule has 0 aliphatic heterocycles. The summed E-state index contributed by atoms with van der Waals surface area (Å²) in [4.78, 5) is 25.9. The number of hydrogen-bond donors (Lipinski definition) is 3. The summed E-state index contributed by atoms with van der Waals surface area (Å²) in [6, 6.07) is 12.4. The molecular formula is C20H12FIN2O5S. The van der Waals surface area contributed by atoms with Crippen molar-refractivity contribution in [3.05, 3.63) is 82.7 Å². The van der Waals surface area contributed by atoms with Crippen molar-refractivity contribution in [2.24, 2.45) is 0 Å². The third kappa shape index (κ3) is 3.36. The number of anilines is 3. The van der Waals surface area contributed by atoms with Crippen LogP contribution in [-0.4, -0.2) is 24.5 Å². The van der Waals surface area contributed by atoms with E-state index in [1.807, 2.05) is 0 Å². The molecule has 0 atom stereocenters. The van der Waals surface area contributed by atoms with Gasteiger partial charge in [-0.2, -0.15) is 8.42 Å². The van der Waals surface area contributed by atoms with Crippen molar-refractivity contribution < 1.29 is 27.0 Å². The molecule has 0 saturated heterocycles. The Labute approximate surface area is 184 Å². The van der Waals surface area contributed by atoms with Crippen molar-refractivity contribution in [3.8, 4) is 0 Å². The predicted molar refractivity (Wildman–Crippen MR) is 117 cm³/mol. The number of fused-ring (bicyclic) bond motifs is 2. The lowest BCUT2D eigenvalue weighted by atomic mass is 9.82. The zero-order chi connectivity index (χ0) is 21.6. The molecule has 0 amide bonds. The van der Waals surface area contributed by atoms with Crippen LogP contribution in [0.4, 0.5) is 21.5 Å². The molecule has 0 saturated carbocycles. The third-order valence-corrected chi connectivity index (χ3v) is 6.07.